The SMILES string of the molecule is CCOC1CC(N(C)C(=O)C(C)CN)C1(C)C.Cl. The van der Waals surface area contributed by atoms with Gasteiger partial charge in [0.2, 0.25) is 5.91 Å². The summed E-state index contributed by atoms with van der Waals surface area (Å²) in [5.74, 6) is 0.0440. The molecule has 1 aliphatic carbocycles. The molecule has 1 rings (SSSR count). The lowest BCUT2D eigenvalue weighted by molar-refractivity contribution is -0.165. The van der Waals surface area contributed by atoms with Gasteiger partial charge in [-0.05, 0) is 13.3 Å². The van der Waals surface area contributed by atoms with Crippen molar-refractivity contribution in [1.29, 1.82) is 0 Å². The van der Waals surface area contributed by atoms with Crippen LogP contribution in [0.4, 0.5) is 0 Å². The van der Waals surface area contributed by atoms with Gasteiger partial charge in [0, 0.05) is 37.6 Å². The van der Waals surface area contributed by atoms with Crippen molar-refractivity contribution in [3.8, 4) is 0 Å². The molecule has 0 aromatic heterocycles. The molecule has 18 heavy (non-hydrogen) atoms. The fourth-order valence-corrected chi connectivity index (χ4v) is 2.61. The van der Waals surface area contributed by atoms with E-state index in [9.17, 15) is 4.79 Å². The van der Waals surface area contributed by atoms with E-state index in [4.69, 9.17) is 10.5 Å². The molecule has 1 amide bonds. The average molecular weight is 279 g/mol. The molecule has 0 spiro atoms. The summed E-state index contributed by atoms with van der Waals surface area (Å²) in [5, 5.41) is 0. The van der Waals surface area contributed by atoms with Crippen LogP contribution >= 0.6 is 12.4 Å². The molecule has 0 aromatic carbocycles. The molecule has 5 heteroatoms. The number of hydrogen-bond acceptors (Lipinski definition) is 3. The number of hydrogen-bond donors (Lipinski definition) is 1. The van der Waals surface area contributed by atoms with Crippen molar-refractivity contribution in [3.63, 3.8) is 0 Å². The van der Waals surface area contributed by atoms with Gasteiger partial charge in [0.05, 0.1) is 6.10 Å². The van der Waals surface area contributed by atoms with Gasteiger partial charge in [-0.2, -0.15) is 0 Å². The summed E-state index contributed by atoms with van der Waals surface area (Å²) < 4.78 is 5.68. The van der Waals surface area contributed by atoms with Gasteiger partial charge in [0.15, 0.2) is 0 Å². The lowest BCUT2D eigenvalue weighted by Crippen LogP contribution is -2.63. The summed E-state index contributed by atoms with van der Waals surface area (Å²) in [5.41, 5.74) is 5.58. The smallest absolute Gasteiger partial charge is 0.226 e. The average Bonchev–Trinajstić information content (AvgIpc) is 2.31. The highest BCUT2D eigenvalue weighted by molar-refractivity contribution is 5.85. The Kier molecular flexibility index (Phi) is 6.61. The molecule has 0 saturated heterocycles. The van der Waals surface area contributed by atoms with E-state index in [1.165, 1.54) is 0 Å². The van der Waals surface area contributed by atoms with Gasteiger partial charge >= 0.3 is 0 Å². The molecule has 3 atom stereocenters. The Morgan fingerprint density at radius 1 is 1.56 bits per heavy atom. The summed E-state index contributed by atoms with van der Waals surface area (Å²) in [4.78, 5) is 13.9. The maximum Gasteiger partial charge on any atom is 0.226 e. The van der Waals surface area contributed by atoms with Crippen LogP contribution < -0.4 is 5.73 Å². The summed E-state index contributed by atoms with van der Waals surface area (Å²) in [6.45, 7) is 9.36. The predicted octanol–water partition coefficient (Wildman–Crippen LogP) is 1.66. The number of carbonyl (C=O) groups is 1. The number of carbonyl (C=O) groups excluding carboxylic acids is 1. The molecule has 3 unspecified atom stereocenters. The first-order valence-electron chi connectivity index (χ1n) is 6.44. The number of halogens is 1. The highest BCUT2D eigenvalue weighted by atomic mass is 35.5. The number of ether oxygens (including phenoxy) is 1. The number of nitrogens with zero attached hydrogens (tertiary/aromatic N) is 1. The minimum Gasteiger partial charge on any atom is -0.378 e. The molecular formula is C13H27ClN2O2. The third kappa shape index (κ3) is 3.16. The summed E-state index contributed by atoms with van der Waals surface area (Å²) >= 11 is 0. The first-order chi connectivity index (χ1) is 7.86. The van der Waals surface area contributed by atoms with Gasteiger partial charge < -0.3 is 15.4 Å². The third-order valence-electron chi connectivity index (χ3n) is 4.08. The molecule has 2 N–H and O–H groups in total. The van der Waals surface area contributed by atoms with E-state index < -0.39 is 0 Å². The number of amides is 1. The zero-order valence-corrected chi connectivity index (χ0v) is 12.9. The van der Waals surface area contributed by atoms with Gasteiger partial charge in [0.1, 0.15) is 0 Å². The standard InChI is InChI=1S/C13H26N2O2.ClH/c1-6-17-11-7-10(13(11,3)4)15(5)12(16)9(2)8-14;/h9-11H,6-8,14H2,1-5H3;1H. The van der Waals surface area contributed by atoms with Crippen molar-refractivity contribution in [2.45, 2.75) is 46.3 Å². The van der Waals surface area contributed by atoms with Crippen LogP contribution in [0.15, 0.2) is 0 Å². The van der Waals surface area contributed by atoms with E-state index in [1.807, 2.05) is 25.8 Å². The van der Waals surface area contributed by atoms with Crippen LogP contribution in [-0.2, 0) is 9.53 Å². The summed E-state index contributed by atoms with van der Waals surface area (Å²) in [6, 6.07) is 0.264. The number of nitrogens with two attached hydrogens (primary N) is 1. The first-order valence-corrected chi connectivity index (χ1v) is 6.44. The Morgan fingerprint density at radius 3 is 2.50 bits per heavy atom. The van der Waals surface area contributed by atoms with E-state index in [-0.39, 0.29) is 41.8 Å². The monoisotopic (exact) mass is 278 g/mol. The molecular weight excluding hydrogens is 252 g/mol. The van der Waals surface area contributed by atoms with E-state index in [0.717, 1.165) is 13.0 Å². The van der Waals surface area contributed by atoms with Crippen molar-refractivity contribution in [1.82, 2.24) is 4.90 Å². The van der Waals surface area contributed by atoms with Crippen LogP contribution in [0, 0.1) is 11.3 Å². The topological polar surface area (TPSA) is 55.6 Å². The number of rotatable bonds is 5. The largest absolute Gasteiger partial charge is 0.378 e. The van der Waals surface area contributed by atoms with Gasteiger partial charge in [-0.15, -0.1) is 12.4 Å². The second-order valence-corrected chi connectivity index (χ2v) is 5.60. The Morgan fingerprint density at radius 2 is 2.11 bits per heavy atom. The summed E-state index contributed by atoms with van der Waals surface area (Å²) in [7, 11) is 1.88. The maximum absolute atomic E-state index is 12.1. The molecule has 0 radical (unpaired) electrons. The Labute approximate surface area is 117 Å². The van der Waals surface area contributed by atoms with Gasteiger partial charge in [0.25, 0.3) is 0 Å². The van der Waals surface area contributed by atoms with Crippen molar-refractivity contribution in [2.75, 3.05) is 20.2 Å². The lowest BCUT2D eigenvalue weighted by Gasteiger charge is -2.55. The van der Waals surface area contributed by atoms with E-state index in [1.54, 1.807) is 0 Å². The van der Waals surface area contributed by atoms with Crippen LogP contribution in [0.25, 0.3) is 0 Å². The predicted molar refractivity (Wildman–Crippen MR) is 75.8 cm³/mol. The fraction of sp³-hybridized carbons (Fsp3) is 0.923. The van der Waals surface area contributed by atoms with Crippen LogP contribution in [0.3, 0.4) is 0 Å². The van der Waals surface area contributed by atoms with E-state index >= 15 is 0 Å². The minimum atomic E-state index is -0.0954. The zero-order chi connectivity index (χ0) is 13.2. The van der Waals surface area contributed by atoms with Crippen LogP contribution in [0.2, 0.25) is 0 Å². The first kappa shape index (κ1) is 17.7. The van der Waals surface area contributed by atoms with Gasteiger partial charge in [-0.1, -0.05) is 20.8 Å². The minimum absolute atomic E-state index is 0. The highest BCUT2D eigenvalue weighted by Gasteiger charge is 2.51. The van der Waals surface area contributed by atoms with Gasteiger partial charge in [-0.25, -0.2) is 0 Å². The zero-order valence-electron chi connectivity index (χ0n) is 12.1. The molecule has 1 fully saturated rings. The van der Waals surface area contributed by atoms with Crippen LogP contribution in [0.1, 0.15) is 34.1 Å². The Bertz CT molecular complexity index is 284. The molecule has 0 heterocycles. The Hall–Kier alpha value is -0.320. The van der Waals surface area contributed by atoms with Crippen molar-refractivity contribution in [2.24, 2.45) is 17.1 Å². The fourth-order valence-electron chi connectivity index (χ4n) is 2.61. The van der Waals surface area contributed by atoms with Crippen molar-refractivity contribution in [3.05, 3.63) is 0 Å². The molecule has 0 bridgehead atoms. The van der Waals surface area contributed by atoms with Crippen molar-refractivity contribution < 1.29 is 9.53 Å². The molecule has 4 nitrogen and oxygen atoms in total. The van der Waals surface area contributed by atoms with E-state index in [0.29, 0.717) is 6.54 Å². The molecule has 1 aliphatic rings. The lowest BCUT2D eigenvalue weighted by atomic mass is 9.63. The Balaban J connectivity index is 0.00000289. The molecule has 0 aliphatic heterocycles. The van der Waals surface area contributed by atoms with Gasteiger partial charge in [-0.3, -0.25) is 4.79 Å². The van der Waals surface area contributed by atoms with Crippen molar-refractivity contribution >= 4 is 18.3 Å². The highest BCUT2D eigenvalue weighted by Crippen LogP contribution is 2.45. The quantitative estimate of drug-likeness (QED) is 0.832. The van der Waals surface area contributed by atoms with Crippen LogP contribution in [0.5, 0.6) is 0 Å². The maximum atomic E-state index is 12.1. The normalized spacial score (nSPS) is 26.8. The summed E-state index contributed by atoms with van der Waals surface area (Å²) in [6.07, 6.45) is 1.20. The molecule has 108 valence electrons. The molecule has 0 aromatic rings. The second-order valence-electron chi connectivity index (χ2n) is 5.60. The molecule has 1 saturated carbocycles. The second kappa shape index (κ2) is 6.73. The van der Waals surface area contributed by atoms with E-state index in [2.05, 4.69) is 13.8 Å². The third-order valence-corrected chi connectivity index (χ3v) is 4.08. The van der Waals surface area contributed by atoms with Crippen LogP contribution in [-0.4, -0.2) is 43.2 Å².